The van der Waals surface area contributed by atoms with Crippen molar-refractivity contribution in [1.29, 1.82) is 0 Å². The molecule has 3 aliphatic rings. The molecule has 0 aromatic rings. The lowest BCUT2D eigenvalue weighted by atomic mass is 9.96. The number of hydrogen-bond acceptors (Lipinski definition) is 14. The van der Waals surface area contributed by atoms with E-state index in [0.717, 1.165) is 0 Å². The van der Waals surface area contributed by atoms with Crippen molar-refractivity contribution in [1.82, 2.24) is 0 Å². The molecule has 3 heterocycles. The Morgan fingerprint density at radius 3 is 1.44 bits per heavy atom. The zero-order chi connectivity index (χ0) is 23.9. The van der Waals surface area contributed by atoms with E-state index in [1.165, 1.54) is 13.8 Å². The van der Waals surface area contributed by atoms with E-state index in [4.69, 9.17) is 23.7 Å². The van der Waals surface area contributed by atoms with Crippen LogP contribution in [0, 0.1) is 0 Å². The number of aliphatic hydroxyl groups excluding tert-OH is 9. The average molecular weight is 472 g/mol. The zero-order valence-corrected chi connectivity index (χ0v) is 17.4. The molecule has 9 N–H and O–H groups in total. The minimum atomic E-state index is -1.84. The predicted molar refractivity (Wildman–Crippen MR) is 98.4 cm³/mol. The van der Waals surface area contributed by atoms with E-state index >= 15 is 0 Å². The van der Waals surface area contributed by atoms with Gasteiger partial charge in [-0.25, -0.2) is 0 Å². The van der Waals surface area contributed by atoms with Gasteiger partial charge in [0.25, 0.3) is 0 Å². The van der Waals surface area contributed by atoms with E-state index in [1.807, 2.05) is 0 Å². The summed E-state index contributed by atoms with van der Waals surface area (Å²) in [7, 11) is 0. The van der Waals surface area contributed by atoms with Crippen LogP contribution in [0.4, 0.5) is 0 Å². The Hall–Kier alpha value is -0.560. The van der Waals surface area contributed by atoms with Gasteiger partial charge in [-0.1, -0.05) is 0 Å². The fourth-order valence-electron chi connectivity index (χ4n) is 3.94. The monoisotopic (exact) mass is 472 g/mol. The lowest BCUT2D eigenvalue weighted by Gasteiger charge is -2.48. The van der Waals surface area contributed by atoms with Gasteiger partial charge in [-0.15, -0.1) is 0 Å². The third-order valence-electron chi connectivity index (χ3n) is 6.01. The van der Waals surface area contributed by atoms with Crippen LogP contribution in [-0.2, 0) is 23.7 Å². The molecule has 0 spiro atoms. The summed E-state index contributed by atoms with van der Waals surface area (Å²) in [6.45, 7) is 2.10. The topological polar surface area (TPSA) is 228 Å². The van der Waals surface area contributed by atoms with E-state index in [2.05, 4.69) is 0 Å². The molecule has 1 unspecified atom stereocenters. The number of ether oxygens (including phenoxy) is 5. The van der Waals surface area contributed by atoms with Crippen molar-refractivity contribution in [3.05, 3.63) is 0 Å². The van der Waals surface area contributed by atoms with Gasteiger partial charge in [-0.3, -0.25) is 0 Å². The van der Waals surface area contributed by atoms with Crippen LogP contribution >= 0.6 is 0 Å². The molecule has 0 amide bonds. The molecule has 0 bridgehead atoms. The molecule has 3 fully saturated rings. The van der Waals surface area contributed by atoms with Crippen LogP contribution in [-0.4, -0.2) is 145 Å². The van der Waals surface area contributed by atoms with Gasteiger partial charge in [-0.2, -0.15) is 0 Å². The summed E-state index contributed by atoms with van der Waals surface area (Å²) in [5, 5.41) is 90.3. The van der Waals surface area contributed by atoms with Crippen LogP contribution in [0.5, 0.6) is 0 Å². The molecule has 3 saturated heterocycles. The van der Waals surface area contributed by atoms with Crippen molar-refractivity contribution in [2.45, 2.75) is 106 Å². The molecule has 0 radical (unpaired) electrons. The van der Waals surface area contributed by atoms with Crippen molar-refractivity contribution >= 4 is 0 Å². The summed E-state index contributed by atoms with van der Waals surface area (Å²) in [5.41, 5.74) is 0. The van der Waals surface area contributed by atoms with E-state index in [9.17, 15) is 46.0 Å². The first-order valence-corrected chi connectivity index (χ1v) is 10.3. The van der Waals surface area contributed by atoms with Crippen LogP contribution in [0.2, 0.25) is 0 Å². The molecule has 14 nitrogen and oxygen atoms in total. The first kappa shape index (κ1) is 26.1. The molecule has 0 aromatic carbocycles. The Kier molecular flexibility index (Phi) is 8.44. The second-order valence-corrected chi connectivity index (χ2v) is 8.30. The zero-order valence-electron chi connectivity index (χ0n) is 17.4. The van der Waals surface area contributed by atoms with E-state index in [-0.39, 0.29) is 0 Å². The minimum Gasteiger partial charge on any atom is -0.394 e. The molecular formula is C18H32O14. The number of aliphatic hydroxyl groups is 9. The van der Waals surface area contributed by atoms with Crippen LogP contribution in [0.3, 0.4) is 0 Å². The maximum absolute atomic E-state index is 10.5. The Balaban J connectivity index is 1.82. The van der Waals surface area contributed by atoms with Gasteiger partial charge >= 0.3 is 0 Å². The third-order valence-corrected chi connectivity index (χ3v) is 6.01. The Morgan fingerprint density at radius 2 is 1.00 bits per heavy atom. The largest absolute Gasteiger partial charge is 0.394 e. The van der Waals surface area contributed by atoms with E-state index in [0.29, 0.717) is 0 Å². The molecule has 14 heteroatoms. The fraction of sp³-hybridized carbons (Fsp3) is 1.00. The van der Waals surface area contributed by atoms with Gasteiger partial charge < -0.3 is 69.6 Å². The van der Waals surface area contributed by atoms with Crippen LogP contribution < -0.4 is 0 Å². The molecule has 15 atom stereocenters. The maximum Gasteiger partial charge on any atom is 0.187 e. The van der Waals surface area contributed by atoms with Gasteiger partial charge in [0, 0.05) is 0 Å². The normalized spacial score (nSPS) is 55.0. The quantitative estimate of drug-likeness (QED) is 0.182. The molecule has 3 rings (SSSR count). The first-order chi connectivity index (χ1) is 15.0. The van der Waals surface area contributed by atoms with Crippen LogP contribution in [0.15, 0.2) is 0 Å². The van der Waals surface area contributed by atoms with Crippen molar-refractivity contribution in [2.75, 3.05) is 6.61 Å². The second-order valence-electron chi connectivity index (χ2n) is 8.30. The highest BCUT2D eigenvalue weighted by molar-refractivity contribution is 4.95. The summed E-state index contributed by atoms with van der Waals surface area (Å²) >= 11 is 0. The molecule has 0 saturated carbocycles. The smallest absolute Gasteiger partial charge is 0.187 e. The molecule has 188 valence electrons. The SMILES string of the molecule is C[C@@H]1O[C@H](O[C@@H]2[C@H](O[C@H]3O[C@@H](C)[C@@H](O)[C@@H](O)[C@@H]3O)[C@@H](O)C(O)O[C@@H]2CO)[C@@H](O)[C@H](O)[C@@H]1O. The second kappa shape index (κ2) is 10.4. The number of rotatable bonds is 5. The van der Waals surface area contributed by atoms with Crippen molar-refractivity contribution in [2.24, 2.45) is 0 Å². The lowest BCUT2D eigenvalue weighted by molar-refractivity contribution is -0.381. The van der Waals surface area contributed by atoms with Crippen molar-refractivity contribution < 1.29 is 69.6 Å². The summed E-state index contributed by atoms with van der Waals surface area (Å²) in [5.74, 6) is 0. The summed E-state index contributed by atoms with van der Waals surface area (Å²) in [4.78, 5) is 0. The summed E-state index contributed by atoms with van der Waals surface area (Å²) in [6.07, 6.45) is -22.5. The minimum absolute atomic E-state index is 0.732. The van der Waals surface area contributed by atoms with Crippen LogP contribution in [0.25, 0.3) is 0 Å². The Labute approximate surface area is 183 Å². The highest BCUT2D eigenvalue weighted by Gasteiger charge is 2.53. The standard InChI is InChI=1S/C18H32O14/c1-4-7(20)9(22)11(24)17(28-4)31-14-6(3-19)30-16(27)13(26)15(14)32-18-12(25)10(23)8(21)5(2)29-18/h4-27H,3H2,1-2H3/t4-,5-,6+,7+,8+,9+,10+,11-,12-,13+,14-,15+,16?,17+,18+/m0/s1. The molecule has 32 heavy (non-hydrogen) atoms. The van der Waals surface area contributed by atoms with Crippen LogP contribution in [0.1, 0.15) is 13.8 Å². The Morgan fingerprint density at radius 1 is 0.562 bits per heavy atom. The van der Waals surface area contributed by atoms with Gasteiger partial charge in [-0.05, 0) is 13.8 Å². The maximum atomic E-state index is 10.5. The molecular weight excluding hydrogens is 440 g/mol. The third kappa shape index (κ3) is 4.94. The molecule has 3 aliphatic heterocycles. The summed E-state index contributed by atoms with van der Waals surface area (Å²) < 4.78 is 27.1. The predicted octanol–water partition coefficient (Wildman–Crippen LogP) is -5.52. The first-order valence-electron chi connectivity index (χ1n) is 10.3. The van der Waals surface area contributed by atoms with Gasteiger partial charge in [0.1, 0.15) is 61.0 Å². The van der Waals surface area contributed by atoms with Crippen molar-refractivity contribution in [3.63, 3.8) is 0 Å². The van der Waals surface area contributed by atoms with Gasteiger partial charge in [0.2, 0.25) is 0 Å². The van der Waals surface area contributed by atoms with Gasteiger partial charge in [0.15, 0.2) is 18.9 Å². The van der Waals surface area contributed by atoms with E-state index in [1.54, 1.807) is 0 Å². The number of hydrogen-bond donors (Lipinski definition) is 9. The van der Waals surface area contributed by atoms with E-state index < -0.39 is 98.7 Å². The van der Waals surface area contributed by atoms with Crippen molar-refractivity contribution in [3.8, 4) is 0 Å². The molecule has 0 aliphatic carbocycles. The highest BCUT2D eigenvalue weighted by Crippen LogP contribution is 2.32. The lowest BCUT2D eigenvalue weighted by Crippen LogP contribution is -2.66. The summed E-state index contributed by atoms with van der Waals surface area (Å²) in [6, 6.07) is 0. The highest BCUT2D eigenvalue weighted by atomic mass is 16.8. The fourth-order valence-corrected chi connectivity index (χ4v) is 3.94. The Bertz CT molecular complexity index is 574. The molecule has 0 aromatic heterocycles. The van der Waals surface area contributed by atoms with Gasteiger partial charge in [0.05, 0.1) is 18.8 Å². The average Bonchev–Trinajstić information content (AvgIpc) is 2.76.